The second-order valence-electron chi connectivity index (χ2n) is 4.69. The topological polar surface area (TPSA) is 94.3 Å². The summed E-state index contributed by atoms with van der Waals surface area (Å²) in [6, 6.07) is 10.2. The van der Waals surface area contributed by atoms with Crippen LogP contribution in [0.25, 0.3) is 10.2 Å². The summed E-state index contributed by atoms with van der Waals surface area (Å²) in [6.45, 7) is 0. The predicted octanol–water partition coefficient (Wildman–Crippen LogP) is 2.92. The Kier molecular flexibility index (Phi) is 3.94. The third-order valence-electron chi connectivity index (χ3n) is 3.29. The molecule has 0 bridgehead atoms. The number of carbonyl (C=O) groups is 2. The number of fused-ring (bicyclic) bond motifs is 1. The smallest absolute Gasteiger partial charge is 0.339 e. The summed E-state index contributed by atoms with van der Waals surface area (Å²) in [7, 11) is 1.29. The van der Waals surface area contributed by atoms with Crippen LogP contribution in [-0.4, -0.2) is 24.0 Å². The average Bonchev–Trinajstić information content (AvgIpc) is 2.92. The maximum absolute atomic E-state index is 12.5. The Morgan fingerprint density at radius 1 is 1.22 bits per heavy atom. The van der Waals surface area contributed by atoms with Crippen molar-refractivity contribution >= 4 is 44.8 Å². The Bertz CT molecular complexity index is 904. The van der Waals surface area contributed by atoms with Crippen molar-refractivity contribution < 1.29 is 14.3 Å². The first-order valence-corrected chi connectivity index (χ1v) is 7.55. The van der Waals surface area contributed by atoms with Gasteiger partial charge in [-0.2, -0.15) is 0 Å². The van der Waals surface area contributed by atoms with Gasteiger partial charge in [-0.25, -0.2) is 9.78 Å². The number of esters is 1. The molecule has 0 spiro atoms. The average molecular weight is 327 g/mol. The number of nitrogens with zero attached hydrogens (tertiary/aromatic N) is 1. The molecule has 0 aliphatic heterocycles. The summed E-state index contributed by atoms with van der Waals surface area (Å²) in [4.78, 5) is 29.5. The Hall–Kier alpha value is -2.93. The van der Waals surface area contributed by atoms with Crippen molar-refractivity contribution in [1.29, 1.82) is 0 Å². The predicted molar refractivity (Wildman–Crippen MR) is 89.8 cm³/mol. The molecule has 0 aliphatic rings. The lowest BCUT2D eigenvalue weighted by Gasteiger charge is -2.09. The van der Waals surface area contributed by atoms with E-state index in [1.807, 2.05) is 6.07 Å². The second kappa shape index (κ2) is 6.05. The molecule has 1 amide bonds. The summed E-state index contributed by atoms with van der Waals surface area (Å²) in [6.07, 6.45) is 1.65. The lowest BCUT2D eigenvalue weighted by Crippen LogP contribution is -2.15. The number of pyridine rings is 1. The van der Waals surface area contributed by atoms with E-state index in [1.54, 1.807) is 36.5 Å². The van der Waals surface area contributed by atoms with Crippen LogP contribution < -0.4 is 11.1 Å². The summed E-state index contributed by atoms with van der Waals surface area (Å²) >= 11 is 1.21. The van der Waals surface area contributed by atoms with Crippen molar-refractivity contribution in [1.82, 2.24) is 4.98 Å². The molecule has 0 radical (unpaired) electrons. The van der Waals surface area contributed by atoms with Gasteiger partial charge in [0.05, 0.1) is 24.0 Å². The minimum atomic E-state index is -0.521. The van der Waals surface area contributed by atoms with E-state index >= 15 is 0 Å². The molecule has 3 rings (SSSR count). The molecule has 0 aliphatic carbocycles. The van der Waals surface area contributed by atoms with Crippen LogP contribution in [0.1, 0.15) is 20.0 Å². The van der Waals surface area contributed by atoms with E-state index in [0.29, 0.717) is 21.1 Å². The number of amides is 1. The lowest BCUT2D eigenvalue weighted by atomic mass is 10.1. The molecule has 3 N–H and O–H groups in total. The van der Waals surface area contributed by atoms with Gasteiger partial charge < -0.3 is 15.8 Å². The van der Waals surface area contributed by atoms with Gasteiger partial charge in [0.15, 0.2) is 0 Å². The SMILES string of the molecule is COC(=O)c1ccccc1NC(=O)c1sc2ncccc2c1N. The number of thiophene rings is 1. The fraction of sp³-hybridized carbons (Fsp3) is 0.0625. The van der Waals surface area contributed by atoms with Gasteiger partial charge in [0.2, 0.25) is 0 Å². The summed E-state index contributed by atoms with van der Waals surface area (Å²) < 4.78 is 4.71. The first kappa shape index (κ1) is 15.0. The molecule has 3 aromatic rings. The molecule has 2 aromatic heterocycles. The van der Waals surface area contributed by atoms with Crippen molar-refractivity contribution in [2.75, 3.05) is 18.2 Å². The number of rotatable bonds is 3. The number of anilines is 2. The van der Waals surface area contributed by atoms with E-state index in [4.69, 9.17) is 10.5 Å². The van der Waals surface area contributed by atoms with Gasteiger partial charge in [0.1, 0.15) is 9.71 Å². The number of benzene rings is 1. The van der Waals surface area contributed by atoms with Crippen molar-refractivity contribution in [3.8, 4) is 0 Å². The Balaban J connectivity index is 1.96. The number of para-hydroxylation sites is 1. The highest BCUT2D eigenvalue weighted by molar-refractivity contribution is 7.21. The van der Waals surface area contributed by atoms with Crippen LogP contribution in [0.4, 0.5) is 11.4 Å². The summed E-state index contributed by atoms with van der Waals surface area (Å²) in [5.41, 5.74) is 7.06. The van der Waals surface area contributed by atoms with Crippen LogP contribution in [0.15, 0.2) is 42.6 Å². The Labute approximate surface area is 135 Å². The summed E-state index contributed by atoms with van der Waals surface area (Å²) in [5.74, 6) is -0.909. The van der Waals surface area contributed by atoms with Crippen LogP contribution in [0, 0.1) is 0 Å². The number of methoxy groups -OCH3 is 1. The fourth-order valence-electron chi connectivity index (χ4n) is 2.18. The normalized spacial score (nSPS) is 10.5. The van der Waals surface area contributed by atoms with Gasteiger partial charge in [-0.3, -0.25) is 4.79 Å². The maximum atomic E-state index is 12.5. The van der Waals surface area contributed by atoms with Gasteiger partial charge in [-0.05, 0) is 24.3 Å². The fourth-order valence-corrected chi connectivity index (χ4v) is 3.14. The van der Waals surface area contributed by atoms with Crippen molar-refractivity contribution in [3.63, 3.8) is 0 Å². The van der Waals surface area contributed by atoms with E-state index in [9.17, 15) is 9.59 Å². The first-order valence-electron chi connectivity index (χ1n) is 6.73. The molecule has 6 nitrogen and oxygen atoms in total. The molecule has 23 heavy (non-hydrogen) atoms. The van der Waals surface area contributed by atoms with E-state index in [0.717, 1.165) is 5.39 Å². The Morgan fingerprint density at radius 3 is 2.74 bits per heavy atom. The zero-order valence-electron chi connectivity index (χ0n) is 12.2. The van der Waals surface area contributed by atoms with Crippen molar-refractivity contribution in [2.45, 2.75) is 0 Å². The largest absolute Gasteiger partial charge is 0.465 e. The Morgan fingerprint density at radius 2 is 2.00 bits per heavy atom. The number of aromatic nitrogens is 1. The van der Waals surface area contributed by atoms with Gasteiger partial charge in [-0.1, -0.05) is 12.1 Å². The standard InChI is InChI=1S/C16H13N3O3S/c1-22-16(21)9-5-2-3-7-11(9)19-14(20)13-12(17)10-6-4-8-18-15(10)23-13/h2-8H,17H2,1H3,(H,19,20). The minimum absolute atomic E-state index is 0.279. The minimum Gasteiger partial charge on any atom is -0.465 e. The van der Waals surface area contributed by atoms with Gasteiger partial charge >= 0.3 is 5.97 Å². The summed E-state index contributed by atoms with van der Waals surface area (Å²) in [5, 5.41) is 3.45. The van der Waals surface area contributed by atoms with E-state index in [1.165, 1.54) is 18.4 Å². The molecular weight excluding hydrogens is 314 g/mol. The highest BCUT2D eigenvalue weighted by atomic mass is 32.1. The number of nitrogens with one attached hydrogen (secondary N) is 1. The molecule has 1 aromatic carbocycles. The van der Waals surface area contributed by atoms with Crippen LogP contribution in [0.2, 0.25) is 0 Å². The number of ether oxygens (including phenoxy) is 1. The van der Waals surface area contributed by atoms with E-state index < -0.39 is 5.97 Å². The third kappa shape index (κ3) is 2.74. The molecule has 0 saturated heterocycles. The highest BCUT2D eigenvalue weighted by Gasteiger charge is 2.19. The zero-order chi connectivity index (χ0) is 16.4. The molecule has 0 atom stereocenters. The number of nitrogen functional groups attached to an aromatic ring is 1. The maximum Gasteiger partial charge on any atom is 0.339 e. The molecule has 0 saturated carbocycles. The molecule has 0 fully saturated rings. The number of carbonyl (C=O) groups excluding carboxylic acids is 2. The molecule has 2 heterocycles. The monoisotopic (exact) mass is 327 g/mol. The second-order valence-corrected chi connectivity index (χ2v) is 5.69. The lowest BCUT2D eigenvalue weighted by molar-refractivity contribution is 0.0602. The van der Waals surface area contributed by atoms with E-state index in [-0.39, 0.29) is 11.5 Å². The highest BCUT2D eigenvalue weighted by Crippen LogP contribution is 2.32. The van der Waals surface area contributed by atoms with Gasteiger partial charge in [0, 0.05) is 11.6 Å². The van der Waals surface area contributed by atoms with Gasteiger partial charge in [-0.15, -0.1) is 11.3 Å². The number of hydrogen-bond donors (Lipinski definition) is 2. The van der Waals surface area contributed by atoms with Crippen LogP contribution >= 0.6 is 11.3 Å². The third-order valence-corrected chi connectivity index (χ3v) is 4.42. The molecule has 0 unspecified atom stereocenters. The van der Waals surface area contributed by atoms with Crippen molar-refractivity contribution in [3.05, 3.63) is 53.0 Å². The quantitative estimate of drug-likeness (QED) is 0.721. The van der Waals surface area contributed by atoms with Crippen LogP contribution in [-0.2, 0) is 4.74 Å². The van der Waals surface area contributed by atoms with Crippen LogP contribution in [0.3, 0.4) is 0 Å². The molecule has 7 heteroatoms. The van der Waals surface area contributed by atoms with Gasteiger partial charge in [0.25, 0.3) is 5.91 Å². The van der Waals surface area contributed by atoms with Crippen LogP contribution in [0.5, 0.6) is 0 Å². The van der Waals surface area contributed by atoms with E-state index in [2.05, 4.69) is 10.3 Å². The number of hydrogen-bond acceptors (Lipinski definition) is 6. The number of nitrogens with two attached hydrogens (primary N) is 1. The molecular formula is C16H13N3O3S. The molecule has 116 valence electrons. The zero-order valence-corrected chi connectivity index (χ0v) is 13.0. The first-order chi connectivity index (χ1) is 11.1. The van der Waals surface area contributed by atoms with Crippen molar-refractivity contribution in [2.24, 2.45) is 0 Å².